The van der Waals surface area contributed by atoms with Crippen LogP contribution in [0, 0.1) is 6.92 Å². The van der Waals surface area contributed by atoms with Crippen LogP contribution in [0.3, 0.4) is 0 Å². The first kappa shape index (κ1) is 26.1. The van der Waals surface area contributed by atoms with Crippen LogP contribution in [0.5, 0.6) is 11.5 Å². The molecule has 0 unspecified atom stereocenters. The number of carbonyl (C=O) groups is 1. The van der Waals surface area contributed by atoms with Crippen LogP contribution in [0.1, 0.15) is 28.4 Å². The first-order valence-corrected chi connectivity index (χ1v) is 13.1. The van der Waals surface area contributed by atoms with Gasteiger partial charge in [0.15, 0.2) is 17.3 Å². The van der Waals surface area contributed by atoms with Crippen LogP contribution in [0.25, 0.3) is 22.3 Å². The number of ether oxygens (including phenoxy) is 2. The Morgan fingerprint density at radius 3 is 2.46 bits per heavy atom. The topological polar surface area (TPSA) is 82.8 Å². The highest BCUT2D eigenvalue weighted by atomic mass is 79.9. The van der Waals surface area contributed by atoms with Crippen LogP contribution >= 0.6 is 15.9 Å². The minimum absolute atomic E-state index is 0.280. The highest BCUT2D eigenvalue weighted by Crippen LogP contribution is 2.29. The summed E-state index contributed by atoms with van der Waals surface area (Å²) in [6.07, 6.45) is 1.55. The van der Waals surface area contributed by atoms with Gasteiger partial charge in [-0.2, -0.15) is 9.78 Å². The third kappa shape index (κ3) is 5.81. The van der Waals surface area contributed by atoms with Gasteiger partial charge in [0.05, 0.1) is 29.3 Å². The second-order valence-electron chi connectivity index (χ2n) is 8.72. The predicted molar refractivity (Wildman–Crippen MR) is 156 cm³/mol. The van der Waals surface area contributed by atoms with Crippen LogP contribution < -0.4 is 15.0 Å². The summed E-state index contributed by atoms with van der Waals surface area (Å²) in [6.45, 7) is 4.21. The molecule has 0 aliphatic heterocycles. The summed E-state index contributed by atoms with van der Waals surface area (Å²) in [5.41, 5.74) is 3.25. The SMILES string of the molecule is CCOc1cc(C=Nn2c(-c3ccc(C)cc3)nc3ccccc3c2=O)ccc1OC(=O)c1ccc(Br)cc1. The number of rotatable bonds is 7. The van der Waals surface area contributed by atoms with E-state index in [1.165, 1.54) is 4.68 Å². The third-order valence-corrected chi connectivity index (χ3v) is 6.46. The number of nitrogens with zero attached hydrogens (tertiary/aromatic N) is 3. The first-order valence-electron chi connectivity index (χ1n) is 12.3. The molecule has 1 heterocycles. The van der Waals surface area contributed by atoms with Gasteiger partial charge < -0.3 is 9.47 Å². The van der Waals surface area contributed by atoms with Crippen molar-refractivity contribution in [3.63, 3.8) is 0 Å². The van der Waals surface area contributed by atoms with Crippen molar-refractivity contribution in [3.05, 3.63) is 123 Å². The standard InChI is InChI=1S/C31H24BrN3O4/c1-3-38-28-18-21(10-17-27(28)39-31(37)23-13-15-24(32)16-14-23)19-33-35-29(22-11-8-20(2)9-12-22)34-26-7-5-4-6-25(26)30(35)36/h4-19H,3H2,1-2H3. The van der Waals surface area contributed by atoms with Crippen molar-refractivity contribution in [2.45, 2.75) is 13.8 Å². The summed E-state index contributed by atoms with van der Waals surface area (Å²) in [5.74, 6) is 0.600. The van der Waals surface area contributed by atoms with Crippen molar-refractivity contribution in [1.29, 1.82) is 0 Å². The maximum absolute atomic E-state index is 13.4. The second-order valence-corrected chi connectivity index (χ2v) is 9.63. The molecule has 0 aliphatic carbocycles. The summed E-state index contributed by atoms with van der Waals surface area (Å²) < 4.78 is 13.5. The third-order valence-electron chi connectivity index (χ3n) is 5.94. The number of aryl methyl sites for hydroxylation is 1. The van der Waals surface area contributed by atoms with E-state index in [2.05, 4.69) is 21.0 Å². The Kier molecular flexibility index (Phi) is 7.65. The zero-order valence-corrected chi connectivity index (χ0v) is 22.9. The fourth-order valence-corrected chi connectivity index (χ4v) is 4.21. The summed E-state index contributed by atoms with van der Waals surface area (Å²) in [4.78, 5) is 30.8. The normalized spacial score (nSPS) is 11.2. The molecule has 194 valence electrons. The second kappa shape index (κ2) is 11.4. The molecule has 1 aromatic heterocycles. The average molecular weight is 582 g/mol. The molecule has 0 amide bonds. The maximum Gasteiger partial charge on any atom is 0.343 e. The van der Waals surface area contributed by atoms with Crippen LogP contribution in [-0.2, 0) is 0 Å². The number of aromatic nitrogens is 2. The molecule has 0 fully saturated rings. The number of benzene rings is 4. The number of hydrogen-bond donors (Lipinski definition) is 0. The van der Waals surface area contributed by atoms with Crippen molar-refractivity contribution in [2.75, 3.05) is 6.61 Å². The molecule has 4 aromatic carbocycles. The van der Waals surface area contributed by atoms with Crippen LogP contribution in [-0.4, -0.2) is 28.5 Å². The van der Waals surface area contributed by atoms with Gasteiger partial charge in [0.25, 0.3) is 5.56 Å². The Bertz CT molecular complexity index is 1740. The van der Waals surface area contributed by atoms with Crippen LogP contribution in [0.15, 0.2) is 105 Å². The molecule has 0 bridgehead atoms. The van der Waals surface area contributed by atoms with Gasteiger partial charge in [-0.05, 0) is 74.0 Å². The van der Waals surface area contributed by atoms with Gasteiger partial charge in [0.2, 0.25) is 0 Å². The number of fused-ring (bicyclic) bond motifs is 1. The fourth-order valence-electron chi connectivity index (χ4n) is 3.95. The van der Waals surface area contributed by atoms with Gasteiger partial charge >= 0.3 is 5.97 Å². The molecule has 5 rings (SSSR count). The van der Waals surface area contributed by atoms with E-state index >= 15 is 0 Å². The van der Waals surface area contributed by atoms with Gasteiger partial charge in [-0.25, -0.2) is 9.78 Å². The van der Waals surface area contributed by atoms with Gasteiger partial charge in [0, 0.05) is 10.0 Å². The van der Waals surface area contributed by atoms with Crippen molar-refractivity contribution >= 4 is 39.0 Å². The molecule has 0 saturated heterocycles. The summed E-state index contributed by atoms with van der Waals surface area (Å²) in [6, 6.07) is 26.9. The summed E-state index contributed by atoms with van der Waals surface area (Å²) >= 11 is 3.36. The number of halogens is 1. The Balaban J connectivity index is 1.51. The fraction of sp³-hybridized carbons (Fsp3) is 0.0968. The van der Waals surface area contributed by atoms with E-state index in [1.807, 2.05) is 50.2 Å². The van der Waals surface area contributed by atoms with Crippen molar-refractivity contribution in [2.24, 2.45) is 5.10 Å². The van der Waals surface area contributed by atoms with Crippen molar-refractivity contribution in [3.8, 4) is 22.9 Å². The number of carbonyl (C=O) groups excluding carboxylic acids is 1. The highest BCUT2D eigenvalue weighted by Gasteiger charge is 2.15. The largest absolute Gasteiger partial charge is 0.490 e. The lowest BCUT2D eigenvalue weighted by molar-refractivity contribution is 0.0728. The van der Waals surface area contributed by atoms with Gasteiger partial charge in [0.1, 0.15) is 0 Å². The molecular weight excluding hydrogens is 558 g/mol. The molecule has 0 N–H and O–H groups in total. The lowest BCUT2D eigenvalue weighted by atomic mass is 10.1. The molecule has 0 aliphatic rings. The van der Waals surface area contributed by atoms with E-state index in [0.717, 1.165) is 15.6 Å². The summed E-state index contributed by atoms with van der Waals surface area (Å²) in [7, 11) is 0. The van der Waals surface area contributed by atoms with E-state index in [9.17, 15) is 9.59 Å². The molecule has 39 heavy (non-hydrogen) atoms. The van der Waals surface area contributed by atoms with Gasteiger partial charge in [-0.1, -0.05) is 57.9 Å². The molecule has 0 saturated carbocycles. The maximum atomic E-state index is 13.4. The van der Waals surface area contributed by atoms with Crippen LogP contribution in [0.4, 0.5) is 0 Å². The number of hydrogen-bond acceptors (Lipinski definition) is 6. The Hall–Kier alpha value is -4.56. The Morgan fingerprint density at radius 1 is 0.974 bits per heavy atom. The van der Waals surface area contributed by atoms with E-state index in [-0.39, 0.29) is 11.3 Å². The number of para-hydroxylation sites is 1. The molecule has 8 heteroatoms. The van der Waals surface area contributed by atoms with E-state index in [4.69, 9.17) is 14.5 Å². The Labute approximate surface area is 233 Å². The van der Waals surface area contributed by atoms with E-state index in [1.54, 1.807) is 60.8 Å². The zero-order chi connectivity index (χ0) is 27.4. The molecule has 7 nitrogen and oxygen atoms in total. The molecule has 5 aromatic rings. The van der Waals surface area contributed by atoms with Crippen molar-refractivity contribution in [1.82, 2.24) is 9.66 Å². The molecule has 0 radical (unpaired) electrons. The van der Waals surface area contributed by atoms with Crippen molar-refractivity contribution < 1.29 is 14.3 Å². The van der Waals surface area contributed by atoms with Gasteiger partial charge in [-0.15, -0.1) is 0 Å². The molecule has 0 atom stereocenters. The lowest BCUT2D eigenvalue weighted by Crippen LogP contribution is -2.20. The van der Waals surface area contributed by atoms with Crippen LogP contribution in [0.2, 0.25) is 0 Å². The highest BCUT2D eigenvalue weighted by molar-refractivity contribution is 9.10. The monoisotopic (exact) mass is 581 g/mol. The molecular formula is C31H24BrN3O4. The molecule has 0 spiro atoms. The average Bonchev–Trinajstić information content (AvgIpc) is 2.94. The van der Waals surface area contributed by atoms with E-state index < -0.39 is 5.97 Å². The van der Waals surface area contributed by atoms with E-state index in [0.29, 0.717) is 40.2 Å². The smallest absolute Gasteiger partial charge is 0.343 e. The quantitative estimate of drug-likeness (QED) is 0.122. The Morgan fingerprint density at radius 2 is 1.72 bits per heavy atom. The minimum Gasteiger partial charge on any atom is -0.490 e. The summed E-state index contributed by atoms with van der Waals surface area (Å²) in [5, 5.41) is 4.99. The number of esters is 1. The first-order chi connectivity index (χ1) is 18.9. The van der Waals surface area contributed by atoms with Gasteiger partial charge in [-0.3, -0.25) is 4.79 Å². The minimum atomic E-state index is -0.499. The predicted octanol–water partition coefficient (Wildman–Crippen LogP) is 6.63. The zero-order valence-electron chi connectivity index (χ0n) is 21.3. The lowest BCUT2D eigenvalue weighted by Gasteiger charge is -2.12.